The van der Waals surface area contributed by atoms with Crippen molar-refractivity contribution < 1.29 is 4.39 Å². The van der Waals surface area contributed by atoms with Crippen LogP contribution in [0.5, 0.6) is 0 Å². The minimum absolute atomic E-state index is 0.0723. The topological polar surface area (TPSA) is 12.0 Å². The van der Waals surface area contributed by atoms with Crippen molar-refractivity contribution in [3.8, 4) is 0 Å². The van der Waals surface area contributed by atoms with E-state index in [1.54, 1.807) is 12.1 Å². The Morgan fingerprint density at radius 2 is 2.21 bits per heavy atom. The van der Waals surface area contributed by atoms with E-state index in [4.69, 9.17) is 0 Å². The molecule has 1 aromatic carbocycles. The number of rotatable bonds is 4. The van der Waals surface area contributed by atoms with E-state index >= 15 is 0 Å². The van der Waals surface area contributed by atoms with Crippen molar-refractivity contribution in [1.29, 1.82) is 0 Å². The third-order valence-electron chi connectivity index (χ3n) is 4.94. The van der Waals surface area contributed by atoms with Gasteiger partial charge in [0, 0.05) is 16.1 Å². The van der Waals surface area contributed by atoms with E-state index in [2.05, 4.69) is 28.2 Å². The average molecular weight is 326 g/mol. The monoisotopic (exact) mass is 325 g/mol. The fourth-order valence-electron chi connectivity index (χ4n) is 4.17. The third-order valence-corrected chi connectivity index (χ3v) is 5.43. The second kappa shape index (κ2) is 5.53. The van der Waals surface area contributed by atoms with E-state index in [1.807, 2.05) is 6.07 Å². The molecule has 0 aromatic heterocycles. The van der Waals surface area contributed by atoms with Crippen molar-refractivity contribution in [2.45, 2.75) is 38.6 Å². The molecule has 2 aliphatic rings. The summed E-state index contributed by atoms with van der Waals surface area (Å²) in [6.45, 7) is 3.00. The SMILES string of the molecule is CCNC(c1cc(Br)ccc1F)C1CC2CCC1C2. The predicted molar refractivity (Wildman–Crippen MR) is 79.5 cm³/mol. The summed E-state index contributed by atoms with van der Waals surface area (Å²) in [7, 11) is 0. The van der Waals surface area contributed by atoms with E-state index in [-0.39, 0.29) is 11.9 Å². The predicted octanol–water partition coefficient (Wildman–Crippen LogP) is 4.68. The summed E-state index contributed by atoms with van der Waals surface area (Å²) in [5.74, 6) is 2.23. The molecule has 1 nitrogen and oxygen atoms in total. The van der Waals surface area contributed by atoms with E-state index in [0.717, 1.165) is 28.4 Å². The van der Waals surface area contributed by atoms with E-state index in [0.29, 0.717) is 5.92 Å². The standard InChI is InChI=1S/C16H21BrFN/c1-2-19-16(13-8-10-3-4-11(13)7-10)14-9-12(17)5-6-15(14)18/h5-6,9-11,13,16,19H,2-4,7-8H2,1H3. The first-order valence-electron chi connectivity index (χ1n) is 7.37. The van der Waals surface area contributed by atoms with Crippen LogP contribution in [0.1, 0.15) is 44.2 Å². The summed E-state index contributed by atoms with van der Waals surface area (Å²) in [5.41, 5.74) is 0.841. The minimum Gasteiger partial charge on any atom is -0.310 e. The van der Waals surface area contributed by atoms with Crippen molar-refractivity contribution in [1.82, 2.24) is 5.32 Å². The molecule has 4 unspecified atom stereocenters. The van der Waals surface area contributed by atoms with Crippen LogP contribution in [-0.2, 0) is 0 Å². The molecule has 1 aromatic rings. The van der Waals surface area contributed by atoms with Crippen LogP contribution in [0.3, 0.4) is 0 Å². The Kier molecular flexibility index (Phi) is 3.95. The van der Waals surface area contributed by atoms with Gasteiger partial charge in [-0.2, -0.15) is 0 Å². The summed E-state index contributed by atoms with van der Waals surface area (Å²) < 4.78 is 15.1. The molecule has 1 N–H and O–H groups in total. The first-order chi connectivity index (χ1) is 9.19. The molecule has 19 heavy (non-hydrogen) atoms. The van der Waals surface area contributed by atoms with E-state index in [9.17, 15) is 4.39 Å². The van der Waals surface area contributed by atoms with E-state index in [1.165, 1.54) is 25.7 Å². The fraction of sp³-hybridized carbons (Fsp3) is 0.625. The Bertz CT molecular complexity index is 462. The molecule has 4 atom stereocenters. The molecule has 0 spiro atoms. The van der Waals surface area contributed by atoms with Crippen molar-refractivity contribution in [2.24, 2.45) is 17.8 Å². The van der Waals surface area contributed by atoms with Crippen molar-refractivity contribution in [3.05, 3.63) is 34.1 Å². The molecule has 0 radical (unpaired) electrons. The molecule has 2 bridgehead atoms. The summed E-state index contributed by atoms with van der Waals surface area (Å²) in [6.07, 6.45) is 5.37. The Hall–Kier alpha value is -0.410. The molecule has 0 saturated heterocycles. The highest BCUT2D eigenvalue weighted by Crippen LogP contribution is 2.52. The average Bonchev–Trinajstić information content (AvgIpc) is 3.01. The van der Waals surface area contributed by atoms with E-state index < -0.39 is 0 Å². The molecule has 2 fully saturated rings. The summed E-state index contributed by atoms with van der Waals surface area (Å²) in [4.78, 5) is 0. The van der Waals surface area contributed by atoms with Crippen molar-refractivity contribution in [2.75, 3.05) is 6.54 Å². The number of fused-ring (bicyclic) bond motifs is 2. The zero-order valence-electron chi connectivity index (χ0n) is 11.3. The summed E-state index contributed by atoms with van der Waals surface area (Å²) >= 11 is 3.47. The second-order valence-electron chi connectivity index (χ2n) is 6.04. The first-order valence-corrected chi connectivity index (χ1v) is 8.16. The zero-order valence-corrected chi connectivity index (χ0v) is 12.9. The Morgan fingerprint density at radius 3 is 2.84 bits per heavy atom. The van der Waals surface area contributed by atoms with Crippen LogP contribution < -0.4 is 5.32 Å². The number of benzene rings is 1. The molecule has 2 aliphatic carbocycles. The highest BCUT2D eigenvalue weighted by atomic mass is 79.9. The van der Waals surface area contributed by atoms with Gasteiger partial charge in [-0.05, 0) is 61.8 Å². The fourth-order valence-corrected chi connectivity index (χ4v) is 4.55. The molecule has 0 amide bonds. The molecular formula is C16H21BrFN. The van der Waals surface area contributed by atoms with Crippen LogP contribution in [-0.4, -0.2) is 6.54 Å². The highest BCUT2D eigenvalue weighted by molar-refractivity contribution is 9.10. The third kappa shape index (κ3) is 2.59. The minimum atomic E-state index is -0.0723. The van der Waals surface area contributed by atoms with Gasteiger partial charge in [-0.15, -0.1) is 0 Å². The van der Waals surface area contributed by atoms with Gasteiger partial charge in [0.1, 0.15) is 5.82 Å². The zero-order chi connectivity index (χ0) is 13.4. The molecule has 0 heterocycles. The lowest BCUT2D eigenvalue weighted by atomic mass is 9.80. The Morgan fingerprint density at radius 1 is 1.37 bits per heavy atom. The molecule has 3 rings (SSSR count). The quantitative estimate of drug-likeness (QED) is 0.847. The maximum Gasteiger partial charge on any atom is 0.128 e. The van der Waals surface area contributed by atoms with Crippen LogP contribution in [0.4, 0.5) is 4.39 Å². The number of hydrogen-bond donors (Lipinski definition) is 1. The van der Waals surface area contributed by atoms with Crippen molar-refractivity contribution >= 4 is 15.9 Å². The molecule has 2 saturated carbocycles. The van der Waals surface area contributed by atoms with Gasteiger partial charge in [0.15, 0.2) is 0 Å². The Balaban J connectivity index is 1.90. The van der Waals surface area contributed by atoms with Crippen LogP contribution in [0, 0.1) is 23.6 Å². The van der Waals surface area contributed by atoms with Gasteiger partial charge < -0.3 is 5.32 Å². The van der Waals surface area contributed by atoms with Gasteiger partial charge in [-0.1, -0.05) is 29.3 Å². The maximum atomic E-state index is 14.2. The second-order valence-corrected chi connectivity index (χ2v) is 6.96. The summed E-state index contributed by atoms with van der Waals surface area (Å²) in [5, 5.41) is 3.53. The van der Waals surface area contributed by atoms with Crippen LogP contribution in [0.25, 0.3) is 0 Å². The largest absolute Gasteiger partial charge is 0.310 e. The summed E-state index contributed by atoms with van der Waals surface area (Å²) in [6, 6.07) is 5.49. The lowest BCUT2D eigenvalue weighted by Crippen LogP contribution is -2.32. The lowest BCUT2D eigenvalue weighted by Gasteiger charge is -2.31. The van der Waals surface area contributed by atoms with Crippen LogP contribution >= 0.6 is 15.9 Å². The molecule has 104 valence electrons. The number of halogens is 2. The van der Waals surface area contributed by atoms with Crippen molar-refractivity contribution in [3.63, 3.8) is 0 Å². The normalized spacial score (nSPS) is 30.8. The first kappa shape index (κ1) is 13.6. The van der Waals surface area contributed by atoms with Gasteiger partial charge in [0.05, 0.1) is 0 Å². The van der Waals surface area contributed by atoms with Gasteiger partial charge in [0.2, 0.25) is 0 Å². The van der Waals surface area contributed by atoms with Crippen LogP contribution in [0.15, 0.2) is 22.7 Å². The Labute approximate surface area is 123 Å². The molecular weight excluding hydrogens is 305 g/mol. The van der Waals surface area contributed by atoms with Crippen LogP contribution in [0.2, 0.25) is 0 Å². The van der Waals surface area contributed by atoms with Gasteiger partial charge >= 0.3 is 0 Å². The van der Waals surface area contributed by atoms with Gasteiger partial charge in [0.25, 0.3) is 0 Å². The lowest BCUT2D eigenvalue weighted by molar-refractivity contribution is 0.249. The number of hydrogen-bond acceptors (Lipinski definition) is 1. The van der Waals surface area contributed by atoms with Gasteiger partial charge in [-0.3, -0.25) is 0 Å². The highest BCUT2D eigenvalue weighted by Gasteiger charge is 2.43. The van der Waals surface area contributed by atoms with Gasteiger partial charge in [-0.25, -0.2) is 4.39 Å². The smallest absolute Gasteiger partial charge is 0.128 e. The molecule has 0 aliphatic heterocycles. The number of nitrogens with one attached hydrogen (secondary N) is 1. The maximum absolute atomic E-state index is 14.2. The molecule has 3 heteroatoms.